The summed E-state index contributed by atoms with van der Waals surface area (Å²) in [5.74, 6) is -0.180. The van der Waals surface area contributed by atoms with E-state index in [-0.39, 0.29) is 12.1 Å². The molecule has 16 heavy (non-hydrogen) atoms. The summed E-state index contributed by atoms with van der Waals surface area (Å²) in [5, 5.41) is 0. The van der Waals surface area contributed by atoms with Crippen LogP contribution in [0.25, 0.3) is 0 Å². The van der Waals surface area contributed by atoms with Gasteiger partial charge in [-0.25, -0.2) is 0 Å². The fourth-order valence-electron chi connectivity index (χ4n) is 1.96. The van der Waals surface area contributed by atoms with Crippen molar-refractivity contribution in [2.45, 2.75) is 38.7 Å². The maximum Gasteiger partial charge on any atom is 0.308 e. The average Bonchev–Trinajstić information content (AvgIpc) is 2.30. The molecule has 0 spiro atoms. The Kier molecular flexibility index (Phi) is 6.42. The number of carbonyl (C=O) groups is 1. The molecule has 0 aromatic carbocycles. The monoisotopic (exact) mass is 229 g/mol. The van der Waals surface area contributed by atoms with Crippen LogP contribution < -0.4 is 0 Å². The second-order valence-electron chi connectivity index (χ2n) is 4.28. The molecule has 1 aliphatic rings. The summed E-state index contributed by atoms with van der Waals surface area (Å²) in [6.45, 7) is 5.90. The zero-order valence-electron chi connectivity index (χ0n) is 10.4. The van der Waals surface area contributed by atoms with E-state index >= 15 is 0 Å². The summed E-state index contributed by atoms with van der Waals surface area (Å²) in [7, 11) is 1.42. The van der Waals surface area contributed by atoms with E-state index in [1.165, 1.54) is 26.4 Å². The Labute approximate surface area is 97.9 Å². The van der Waals surface area contributed by atoms with E-state index in [9.17, 15) is 4.79 Å². The van der Waals surface area contributed by atoms with Crippen LogP contribution in [0.4, 0.5) is 0 Å². The molecule has 0 saturated carbocycles. The number of ether oxygens (including phenoxy) is 2. The van der Waals surface area contributed by atoms with Gasteiger partial charge in [-0.2, -0.15) is 0 Å². The molecule has 0 radical (unpaired) electrons. The molecule has 1 heterocycles. The summed E-state index contributed by atoms with van der Waals surface area (Å²) < 4.78 is 10.2. The van der Waals surface area contributed by atoms with E-state index in [2.05, 4.69) is 16.6 Å². The Morgan fingerprint density at radius 2 is 2.31 bits per heavy atom. The lowest BCUT2D eigenvalue weighted by atomic mass is 10.2. The molecule has 4 nitrogen and oxygen atoms in total. The molecule has 1 saturated heterocycles. The molecule has 0 amide bonds. The molecular weight excluding hydrogens is 206 g/mol. The third-order valence-corrected chi connectivity index (χ3v) is 2.92. The highest BCUT2D eigenvalue weighted by atomic mass is 16.5. The fraction of sp³-hybridized carbons (Fsp3) is 0.917. The molecule has 1 aliphatic heterocycles. The minimum absolute atomic E-state index is 0.0165. The number of hydrogen-bond acceptors (Lipinski definition) is 4. The van der Waals surface area contributed by atoms with Gasteiger partial charge in [0.25, 0.3) is 0 Å². The summed E-state index contributed by atoms with van der Waals surface area (Å²) in [6, 6.07) is 0. The van der Waals surface area contributed by atoms with Crippen LogP contribution in [0.3, 0.4) is 0 Å². The third-order valence-electron chi connectivity index (χ3n) is 2.92. The molecule has 4 heteroatoms. The zero-order chi connectivity index (χ0) is 11.8. The number of rotatable bonds is 6. The summed E-state index contributed by atoms with van der Waals surface area (Å²) in [4.78, 5) is 13.5. The van der Waals surface area contributed by atoms with E-state index in [0.29, 0.717) is 6.42 Å². The SMILES string of the molecule is CCCCCN1CCOC(CC(=O)OC)C1. The van der Waals surface area contributed by atoms with Crippen molar-refractivity contribution in [2.24, 2.45) is 0 Å². The van der Waals surface area contributed by atoms with Gasteiger partial charge in [0.15, 0.2) is 0 Å². The van der Waals surface area contributed by atoms with Crippen molar-refractivity contribution >= 4 is 5.97 Å². The third kappa shape index (κ3) is 4.94. The van der Waals surface area contributed by atoms with Crippen molar-refractivity contribution < 1.29 is 14.3 Å². The van der Waals surface area contributed by atoms with E-state index in [4.69, 9.17) is 4.74 Å². The second-order valence-corrected chi connectivity index (χ2v) is 4.28. The Morgan fingerprint density at radius 1 is 1.50 bits per heavy atom. The van der Waals surface area contributed by atoms with Crippen molar-refractivity contribution in [3.05, 3.63) is 0 Å². The highest BCUT2D eigenvalue weighted by molar-refractivity contribution is 5.69. The van der Waals surface area contributed by atoms with E-state index in [0.717, 1.165) is 26.2 Å². The Balaban J connectivity index is 2.21. The van der Waals surface area contributed by atoms with Crippen molar-refractivity contribution in [1.29, 1.82) is 0 Å². The molecule has 1 atom stereocenters. The standard InChI is InChI=1S/C12H23NO3/c1-3-4-5-6-13-7-8-16-11(10-13)9-12(14)15-2/h11H,3-10H2,1-2H3. The van der Waals surface area contributed by atoms with Crippen LogP contribution in [0.1, 0.15) is 32.6 Å². The number of carbonyl (C=O) groups excluding carboxylic acids is 1. The fourth-order valence-corrected chi connectivity index (χ4v) is 1.96. The van der Waals surface area contributed by atoms with Crippen molar-refractivity contribution in [3.8, 4) is 0 Å². The maximum atomic E-state index is 11.1. The summed E-state index contributed by atoms with van der Waals surface area (Å²) >= 11 is 0. The zero-order valence-corrected chi connectivity index (χ0v) is 10.4. The molecule has 0 N–H and O–H groups in total. The lowest BCUT2D eigenvalue weighted by Crippen LogP contribution is -2.43. The average molecular weight is 229 g/mol. The van der Waals surface area contributed by atoms with Gasteiger partial charge in [-0.1, -0.05) is 19.8 Å². The smallest absolute Gasteiger partial charge is 0.308 e. The van der Waals surface area contributed by atoms with Crippen LogP contribution in [0.15, 0.2) is 0 Å². The van der Waals surface area contributed by atoms with Gasteiger partial charge >= 0.3 is 5.97 Å². The summed E-state index contributed by atoms with van der Waals surface area (Å²) in [5.41, 5.74) is 0. The number of unbranched alkanes of at least 4 members (excludes halogenated alkanes) is 2. The van der Waals surface area contributed by atoms with Crippen molar-refractivity contribution in [1.82, 2.24) is 4.90 Å². The number of hydrogen-bond donors (Lipinski definition) is 0. The van der Waals surface area contributed by atoms with Gasteiger partial charge in [-0.15, -0.1) is 0 Å². The molecule has 94 valence electrons. The largest absolute Gasteiger partial charge is 0.469 e. The Hall–Kier alpha value is -0.610. The highest BCUT2D eigenvalue weighted by Gasteiger charge is 2.22. The maximum absolute atomic E-state index is 11.1. The lowest BCUT2D eigenvalue weighted by Gasteiger charge is -2.32. The van der Waals surface area contributed by atoms with Gasteiger partial charge in [-0.05, 0) is 13.0 Å². The van der Waals surface area contributed by atoms with Gasteiger partial charge in [-0.3, -0.25) is 9.69 Å². The lowest BCUT2D eigenvalue weighted by molar-refractivity contribution is -0.145. The van der Waals surface area contributed by atoms with Crippen LogP contribution in [0.5, 0.6) is 0 Å². The van der Waals surface area contributed by atoms with Gasteiger partial charge in [0.05, 0.1) is 26.2 Å². The first kappa shape index (κ1) is 13.5. The van der Waals surface area contributed by atoms with Crippen molar-refractivity contribution in [3.63, 3.8) is 0 Å². The second kappa shape index (κ2) is 7.63. The van der Waals surface area contributed by atoms with Crippen LogP contribution in [-0.2, 0) is 14.3 Å². The predicted octanol–water partition coefficient (Wildman–Crippen LogP) is 1.44. The van der Waals surface area contributed by atoms with Gasteiger partial charge in [0.2, 0.25) is 0 Å². The first-order chi connectivity index (χ1) is 7.76. The molecule has 0 aliphatic carbocycles. The van der Waals surface area contributed by atoms with Crippen LogP contribution in [-0.4, -0.2) is 50.3 Å². The number of nitrogens with zero attached hydrogens (tertiary/aromatic N) is 1. The van der Waals surface area contributed by atoms with Gasteiger partial charge in [0, 0.05) is 13.1 Å². The van der Waals surface area contributed by atoms with Crippen LogP contribution in [0, 0.1) is 0 Å². The predicted molar refractivity (Wildman–Crippen MR) is 62.3 cm³/mol. The quantitative estimate of drug-likeness (QED) is 0.510. The van der Waals surface area contributed by atoms with Crippen LogP contribution in [0.2, 0.25) is 0 Å². The normalized spacial score (nSPS) is 22.0. The number of esters is 1. The topological polar surface area (TPSA) is 38.8 Å². The van der Waals surface area contributed by atoms with Gasteiger partial charge in [0.1, 0.15) is 0 Å². The molecule has 0 bridgehead atoms. The molecule has 0 aromatic rings. The molecule has 1 unspecified atom stereocenters. The van der Waals surface area contributed by atoms with E-state index in [1.54, 1.807) is 0 Å². The molecular formula is C12H23NO3. The van der Waals surface area contributed by atoms with Crippen LogP contribution >= 0.6 is 0 Å². The molecule has 1 fully saturated rings. The minimum Gasteiger partial charge on any atom is -0.469 e. The summed E-state index contributed by atoms with van der Waals surface area (Å²) in [6.07, 6.45) is 4.15. The van der Waals surface area contributed by atoms with Gasteiger partial charge < -0.3 is 9.47 Å². The first-order valence-corrected chi connectivity index (χ1v) is 6.17. The number of methoxy groups -OCH3 is 1. The Morgan fingerprint density at radius 3 is 3.00 bits per heavy atom. The number of morpholine rings is 1. The van der Waals surface area contributed by atoms with E-state index in [1.807, 2.05) is 0 Å². The minimum atomic E-state index is -0.180. The van der Waals surface area contributed by atoms with E-state index < -0.39 is 0 Å². The highest BCUT2D eigenvalue weighted by Crippen LogP contribution is 2.10. The molecule has 0 aromatic heterocycles. The first-order valence-electron chi connectivity index (χ1n) is 6.17. The Bertz CT molecular complexity index is 208. The van der Waals surface area contributed by atoms with Crippen molar-refractivity contribution in [2.75, 3.05) is 33.4 Å². The molecule has 1 rings (SSSR count).